The number of nitrogens with one attached hydrogen (secondary N) is 2. The predicted molar refractivity (Wildman–Crippen MR) is 105 cm³/mol. The molecular weight excluding hydrogens is 388 g/mol. The average molecular weight is 415 g/mol. The molecule has 3 rings (SSSR count). The van der Waals surface area contributed by atoms with Gasteiger partial charge in [0.15, 0.2) is 6.61 Å². The number of hydrogen-bond acceptors (Lipinski definition) is 4. The lowest BCUT2D eigenvalue weighted by Gasteiger charge is -2.22. The Labute approximate surface area is 166 Å². The van der Waals surface area contributed by atoms with Crippen molar-refractivity contribution in [3.05, 3.63) is 23.2 Å². The van der Waals surface area contributed by atoms with Gasteiger partial charge in [0.2, 0.25) is 10.0 Å². The molecule has 0 spiro atoms. The molecule has 1 aromatic carbocycles. The largest absolute Gasteiger partial charge is 0.482 e. The maximum Gasteiger partial charge on any atom is 0.258 e. The second-order valence-corrected chi connectivity index (χ2v) is 9.51. The van der Waals surface area contributed by atoms with Crippen LogP contribution < -0.4 is 14.8 Å². The van der Waals surface area contributed by atoms with E-state index in [9.17, 15) is 13.2 Å². The van der Waals surface area contributed by atoms with E-state index in [2.05, 4.69) is 10.0 Å². The first-order valence-corrected chi connectivity index (χ1v) is 11.5. The van der Waals surface area contributed by atoms with Crippen molar-refractivity contribution in [2.75, 3.05) is 6.61 Å². The Morgan fingerprint density at radius 3 is 2.33 bits per heavy atom. The normalized spacial score (nSPS) is 19.1. The molecule has 0 aromatic heterocycles. The van der Waals surface area contributed by atoms with Gasteiger partial charge >= 0.3 is 0 Å². The van der Waals surface area contributed by atoms with Crippen LogP contribution >= 0.6 is 11.6 Å². The first kappa shape index (κ1) is 20.4. The molecule has 0 bridgehead atoms. The van der Waals surface area contributed by atoms with E-state index in [1.54, 1.807) is 0 Å². The Morgan fingerprint density at radius 2 is 1.67 bits per heavy atom. The number of rotatable bonds is 7. The molecule has 2 aliphatic rings. The van der Waals surface area contributed by atoms with Gasteiger partial charge in [-0.1, -0.05) is 43.7 Å². The molecule has 6 nitrogen and oxygen atoms in total. The van der Waals surface area contributed by atoms with E-state index < -0.39 is 10.0 Å². The molecule has 0 radical (unpaired) electrons. The van der Waals surface area contributed by atoms with Gasteiger partial charge in [-0.15, -0.1) is 0 Å². The van der Waals surface area contributed by atoms with Gasteiger partial charge < -0.3 is 10.1 Å². The maximum atomic E-state index is 12.5. The summed E-state index contributed by atoms with van der Waals surface area (Å²) < 4.78 is 33.3. The minimum atomic E-state index is -3.62. The molecule has 150 valence electrons. The monoisotopic (exact) mass is 414 g/mol. The van der Waals surface area contributed by atoms with Crippen LogP contribution in [0.2, 0.25) is 5.02 Å². The van der Waals surface area contributed by atoms with E-state index >= 15 is 0 Å². The summed E-state index contributed by atoms with van der Waals surface area (Å²) in [5.41, 5.74) is 0. The number of sulfonamides is 1. The third kappa shape index (κ3) is 5.83. The van der Waals surface area contributed by atoms with Crippen LogP contribution in [0.3, 0.4) is 0 Å². The van der Waals surface area contributed by atoms with Gasteiger partial charge in [0, 0.05) is 12.1 Å². The number of hydrogen-bond donors (Lipinski definition) is 2. The van der Waals surface area contributed by atoms with Gasteiger partial charge in [0.05, 0.1) is 9.92 Å². The lowest BCUT2D eigenvalue weighted by Crippen LogP contribution is -2.36. The zero-order valence-corrected chi connectivity index (χ0v) is 16.9. The minimum absolute atomic E-state index is 0.0160. The molecule has 2 saturated carbocycles. The highest BCUT2D eigenvalue weighted by atomic mass is 35.5. The highest BCUT2D eigenvalue weighted by Gasteiger charge is 2.23. The Balaban J connectivity index is 1.56. The van der Waals surface area contributed by atoms with E-state index in [1.165, 1.54) is 18.2 Å². The Hall–Kier alpha value is -1.31. The first-order valence-electron chi connectivity index (χ1n) is 9.68. The smallest absolute Gasteiger partial charge is 0.258 e. The summed E-state index contributed by atoms with van der Waals surface area (Å²) >= 11 is 6.18. The number of benzene rings is 1. The number of carbonyl (C=O) groups excluding carboxylic acids is 1. The maximum absolute atomic E-state index is 12.5. The summed E-state index contributed by atoms with van der Waals surface area (Å²) in [4.78, 5) is 12.1. The lowest BCUT2D eigenvalue weighted by molar-refractivity contribution is -0.123. The molecule has 8 heteroatoms. The SMILES string of the molecule is O=C(COc1ccc(S(=O)(=O)NC2CCCCC2)cc1Cl)NC1CCCC1. The standard InChI is InChI=1S/C19H27ClN2O4S/c20-17-12-16(27(24,25)22-15-8-2-1-3-9-15)10-11-18(17)26-13-19(23)21-14-6-4-5-7-14/h10-12,14-15,22H,1-9,13H2,(H,21,23). The van der Waals surface area contributed by atoms with Crippen LogP contribution in [0.5, 0.6) is 5.75 Å². The van der Waals surface area contributed by atoms with Crippen LogP contribution in [0, 0.1) is 0 Å². The van der Waals surface area contributed by atoms with Crippen LogP contribution in [0.15, 0.2) is 23.1 Å². The predicted octanol–water partition coefficient (Wildman–Crippen LogP) is 3.39. The van der Waals surface area contributed by atoms with Gasteiger partial charge in [-0.25, -0.2) is 13.1 Å². The molecule has 0 atom stereocenters. The lowest BCUT2D eigenvalue weighted by atomic mass is 9.96. The fraction of sp³-hybridized carbons (Fsp3) is 0.632. The molecule has 0 heterocycles. The molecule has 2 N–H and O–H groups in total. The Bertz CT molecular complexity index is 757. The molecule has 0 unspecified atom stereocenters. The van der Waals surface area contributed by atoms with Crippen molar-refractivity contribution in [2.24, 2.45) is 0 Å². The van der Waals surface area contributed by atoms with Crippen molar-refractivity contribution in [2.45, 2.75) is 74.8 Å². The van der Waals surface area contributed by atoms with Crippen LogP contribution in [-0.4, -0.2) is 33.0 Å². The summed E-state index contributed by atoms with van der Waals surface area (Å²) in [6.45, 7) is -0.136. The van der Waals surface area contributed by atoms with E-state index in [0.717, 1.165) is 57.8 Å². The third-order valence-electron chi connectivity index (χ3n) is 5.22. The second kappa shape index (κ2) is 9.26. The van der Waals surface area contributed by atoms with E-state index in [-0.39, 0.29) is 34.5 Å². The van der Waals surface area contributed by atoms with Crippen LogP contribution in [-0.2, 0) is 14.8 Å². The van der Waals surface area contributed by atoms with Crippen LogP contribution in [0.1, 0.15) is 57.8 Å². The van der Waals surface area contributed by atoms with Gasteiger partial charge in [0.1, 0.15) is 5.75 Å². The van der Waals surface area contributed by atoms with E-state index in [1.807, 2.05) is 0 Å². The van der Waals surface area contributed by atoms with E-state index in [4.69, 9.17) is 16.3 Å². The summed E-state index contributed by atoms with van der Waals surface area (Å²) in [5, 5.41) is 3.11. The third-order valence-corrected chi connectivity index (χ3v) is 7.03. The van der Waals surface area contributed by atoms with Crippen LogP contribution in [0.25, 0.3) is 0 Å². The summed E-state index contributed by atoms with van der Waals surface area (Å²) in [7, 11) is -3.62. The van der Waals surface area contributed by atoms with Crippen molar-refractivity contribution in [1.82, 2.24) is 10.0 Å². The second-order valence-electron chi connectivity index (χ2n) is 7.39. The van der Waals surface area contributed by atoms with Gasteiger partial charge in [0.25, 0.3) is 5.91 Å². The number of amides is 1. The number of ether oxygens (including phenoxy) is 1. The van der Waals surface area contributed by atoms with Crippen molar-refractivity contribution < 1.29 is 17.9 Å². The molecule has 2 aliphatic carbocycles. The van der Waals surface area contributed by atoms with Gasteiger partial charge in [-0.3, -0.25) is 4.79 Å². The zero-order chi connectivity index (χ0) is 19.3. The minimum Gasteiger partial charge on any atom is -0.482 e. The molecule has 1 amide bonds. The highest BCUT2D eigenvalue weighted by molar-refractivity contribution is 7.89. The van der Waals surface area contributed by atoms with Crippen molar-refractivity contribution in [3.63, 3.8) is 0 Å². The molecule has 0 saturated heterocycles. The average Bonchev–Trinajstić information content (AvgIpc) is 3.14. The topological polar surface area (TPSA) is 84.5 Å². The van der Waals surface area contributed by atoms with Crippen molar-refractivity contribution in [1.29, 1.82) is 0 Å². The van der Waals surface area contributed by atoms with Gasteiger partial charge in [-0.05, 0) is 43.9 Å². The van der Waals surface area contributed by atoms with E-state index in [0.29, 0.717) is 5.75 Å². The summed E-state index contributed by atoms with van der Waals surface area (Å²) in [6.07, 6.45) is 9.28. The molecule has 27 heavy (non-hydrogen) atoms. The van der Waals surface area contributed by atoms with Crippen LogP contribution in [0.4, 0.5) is 0 Å². The van der Waals surface area contributed by atoms with Crippen molar-refractivity contribution >= 4 is 27.5 Å². The zero-order valence-electron chi connectivity index (χ0n) is 15.4. The summed E-state index contributed by atoms with van der Waals surface area (Å²) in [6, 6.07) is 4.55. The molecule has 2 fully saturated rings. The Kier molecular flexibility index (Phi) is 7.00. The first-order chi connectivity index (χ1) is 12.9. The molecule has 1 aromatic rings. The highest BCUT2D eigenvalue weighted by Crippen LogP contribution is 2.28. The number of carbonyl (C=O) groups is 1. The van der Waals surface area contributed by atoms with Crippen molar-refractivity contribution in [3.8, 4) is 5.75 Å². The fourth-order valence-corrected chi connectivity index (χ4v) is 5.39. The Morgan fingerprint density at radius 1 is 1.04 bits per heavy atom. The molecule has 0 aliphatic heterocycles. The fourth-order valence-electron chi connectivity index (χ4n) is 3.76. The summed E-state index contributed by atoms with van der Waals surface area (Å²) in [5.74, 6) is 0.114. The number of halogens is 1. The molecular formula is C19H27ClN2O4S. The van der Waals surface area contributed by atoms with Gasteiger partial charge in [-0.2, -0.15) is 0 Å². The quantitative estimate of drug-likeness (QED) is 0.716.